The molecule has 0 fully saturated rings. The molecule has 1 aromatic rings. The third-order valence-corrected chi connectivity index (χ3v) is 4.55. The molecule has 8 heteroatoms. The van der Waals surface area contributed by atoms with Gasteiger partial charge in [-0.15, -0.1) is 0 Å². The molecule has 0 saturated heterocycles. The van der Waals surface area contributed by atoms with E-state index >= 15 is 0 Å². The largest absolute Gasteiger partial charge is 0.494 e. The van der Waals surface area contributed by atoms with Gasteiger partial charge in [-0.05, 0) is 26.8 Å². The van der Waals surface area contributed by atoms with Crippen LogP contribution in [0.25, 0.3) is 0 Å². The first-order chi connectivity index (χ1) is 11.5. The van der Waals surface area contributed by atoms with Gasteiger partial charge in [-0.2, -0.15) is 0 Å². The molecule has 0 heterocycles. The molecule has 0 amide bonds. The lowest BCUT2D eigenvalue weighted by Gasteiger charge is -2.13. The van der Waals surface area contributed by atoms with Gasteiger partial charge in [0.05, 0.1) is 18.9 Å². The fourth-order valence-electron chi connectivity index (χ4n) is 1.93. The highest BCUT2D eigenvalue weighted by Gasteiger charge is 2.06. The Balaban J connectivity index is 2.59. The van der Waals surface area contributed by atoms with Gasteiger partial charge in [-0.3, -0.25) is 0 Å². The molecule has 1 aromatic carbocycles. The number of nitrogens with one attached hydrogen (secondary N) is 3. The maximum atomic E-state index is 11.4. The SMILES string of the molecule is CCNC(=NCc1ccccc1OCC)NCCNS(=O)(=O)CC. The fraction of sp³-hybridized carbons (Fsp3) is 0.562. The van der Waals surface area contributed by atoms with Crippen LogP contribution in [0.4, 0.5) is 0 Å². The van der Waals surface area contributed by atoms with E-state index in [-0.39, 0.29) is 5.75 Å². The summed E-state index contributed by atoms with van der Waals surface area (Å²) in [6.45, 7) is 8.11. The molecule has 0 atom stereocenters. The summed E-state index contributed by atoms with van der Waals surface area (Å²) < 4.78 is 30.9. The van der Waals surface area contributed by atoms with Crippen molar-refractivity contribution in [3.8, 4) is 5.75 Å². The summed E-state index contributed by atoms with van der Waals surface area (Å²) in [6, 6.07) is 7.79. The molecule has 0 bridgehead atoms. The molecule has 24 heavy (non-hydrogen) atoms. The lowest BCUT2D eigenvalue weighted by Crippen LogP contribution is -2.41. The van der Waals surface area contributed by atoms with Crippen LogP contribution in [0.5, 0.6) is 5.75 Å². The Hall–Kier alpha value is -1.80. The molecule has 0 saturated carbocycles. The minimum Gasteiger partial charge on any atom is -0.494 e. The summed E-state index contributed by atoms with van der Waals surface area (Å²) >= 11 is 0. The molecule has 136 valence electrons. The van der Waals surface area contributed by atoms with E-state index in [1.54, 1.807) is 6.92 Å². The summed E-state index contributed by atoms with van der Waals surface area (Å²) in [7, 11) is -3.16. The van der Waals surface area contributed by atoms with E-state index in [4.69, 9.17) is 4.74 Å². The Bertz CT molecular complexity index is 618. The average Bonchev–Trinajstić information content (AvgIpc) is 2.58. The standard InChI is InChI=1S/C16H28N4O3S/c1-4-17-16(18-11-12-20-24(21,22)6-3)19-13-14-9-7-8-10-15(14)23-5-2/h7-10,20H,4-6,11-13H2,1-3H3,(H2,17,18,19). The molecule has 7 nitrogen and oxygen atoms in total. The summed E-state index contributed by atoms with van der Waals surface area (Å²) in [4.78, 5) is 4.52. The van der Waals surface area contributed by atoms with E-state index < -0.39 is 10.0 Å². The average molecular weight is 356 g/mol. The van der Waals surface area contributed by atoms with Gasteiger partial charge in [-0.25, -0.2) is 18.1 Å². The first-order valence-electron chi connectivity index (χ1n) is 8.22. The fourth-order valence-corrected chi connectivity index (χ4v) is 2.54. The second-order valence-electron chi connectivity index (χ2n) is 4.96. The van der Waals surface area contributed by atoms with Gasteiger partial charge in [0.25, 0.3) is 0 Å². The number of sulfonamides is 1. The van der Waals surface area contributed by atoms with Gasteiger partial charge >= 0.3 is 0 Å². The van der Waals surface area contributed by atoms with E-state index in [9.17, 15) is 8.42 Å². The molecule has 0 aliphatic carbocycles. The van der Waals surface area contributed by atoms with Crippen LogP contribution in [0.3, 0.4) is 0 Å². The Kier molecular flexibility index (Phi) is 9.18. The van der Waals surface area contributed by atoms with Crippen molar-refractivity contribution in [2.45, 2.75) is 27.3 Å². The monoisotopic (exact) mass is 356 g/mol. The van der Waals surface area contributed by atoms with Crippen LogP contribution in [0.2, 0.25) is 0 Å². The summed E-state index contributed by atoms with van der Waals surface area (Å²) in [5.41, 5.74) is 1.00. The summed E-state index contributed by atoms with van der Waals surface area (Å²) in [5, 5.41) is 6.25. The normalized spacial score (nSPS) is 12.0. The molecular weight excluding hydrogens is 328 g/mol. The zero-order valence-electron chi connectivity index (χ0n) is 14.6. The zero-order chi connectivity index (χ0) is 17.8. The molecule has 0 unspecified atom stereocenters. The predicted molar refractivity (Wildman–Crippen MR) is 97.9 cm³/mol. The van der Waals surface area contributed by atoms with Gasteiger partial charge in [0, 0.05) is 25.2 Å². The minimum absolute atomic E-state index is 0.0787. The van der Waals surface area contributed by atoms with Crippen molar-refractivity contribution < 1.29 is 13.2 Å². The number of ether oxygens (including phenoxy) is 1. The molecule has 0 aliphatic heterocycles. The topological polar surface area (TPSA) is 91.8 Å². The molecule has 0 radical (unpaired) electrons. The smallest absolute Gasteiger partial charge is 0.211 e. The minimum atomic E-state index is -3.16. The Morgan fingerprint density at radius 1 is 1.12 bits per heavy atom. The number of nitrogens with zero attached hydrogens (tertiary/aromatic N) is 1. The van der Waals surface area contributed by atoms with Crippen molar-refractivity contribution in [1.82, 2.24) is 15.4 Å². The van der Waals surface area contributed by atoms with E-state index in [0.29, 0.717) is 32.2 Å². The van der Waals surface area contributed by atoms with Crippen molar-refractivity contribution in [3.63, 3.8) is 0 Å². The van der Waals surface area contributed by atoms with Crippen molar-refractivity contribution >= 4 is 16.0 Å². The number of hydrogen-bond acceptors (Lipinski definition) is 4. The molecule has 1 rings (SSSR count). The molecule has 3 N–H and O–H groups in total. The van der Waals surface area contributed by atoms with Crippen molar-refractivity contribution in [2.75, 3.05) is 32.0 Å². The highest BCUT2D eigenvalue weighted by atomic mass is 32.2. The third-order valence-electron chi connectivity index (χ3n) is 3.14. The molecule has 0 spiro atoms. The second kappa shape index (κ2) is 10.9. The van der Waals surface area contributed by atoms with E-state index in [2.05, 4.69) is 20.3 Å². The van der Waals surface area contributed by atoms with E-state index in [0.717, 1.165) is 17.9 Å². The Morgan fingerprint density at radius 3 is 2.54 bits per heavy atom. The number of rotatable bonds is 10. The van der Waals surface area contributed by atoms with Crippen LogP contribution >= 0.6 is 0 Å². The summed E-state index contributed by atoms with van der Waals surface area (Å²) in [6.07, 6.45) is 0. The number of para-hydroxylation sites is 1. The number of guanidine groups is 1. The maximum Gasteiger partial charge on any atom is 0.211 e. The van der Waals surface area contributed by atoms with Crippen molar-refractivity contribution in [1.29, 1.82) is 0 Å². The van der Waals surface area contributed by atoms with Gasteiger partial charge < -0.3 is 15.4 Å². The van der Waals surface area contributed by atoms with Gasteiger partial charge in [0.2, 0.25) is 10.0 Å². The number of aliphatic imine (C=N–C) groups is 1. The van der Waals surface area contributed by atoms with Crippen LogP contribution in [0.1, 0.15) is 26.3 Å². The quantitative estimate of drug-likeness (QED) is 0.331. The summed E-state index contributed by atoms with van der Waals surface area (Å²) in [5.74, 6) is 1.55. The van der Waals surface area contributed by atoms with Crippen molar-refractivity contribution in [3.05, 3.63) is 29.8 Å². The van der Waals surface area contributed by atoms with Crippen molar-refractivity contribution in [2.24, 2.45) is 4.99 Å². The van der Waals surface area contributed by atoms with Gasteiger partial charge in [-0.1, -0.05) is 18.2 Å². The van der Waals surface area contributed by atoms with Gasteiger partial charge in [0.1, 0.15) is 5.75 Å². The van der Waals surface area contributed by atoms with Crippen LogP contribution in [0, 0.1) is 0 Å². The predicted octanol–water partition coefficient (Wildman–Crippen LogP) is 1.08. The first-order valence-corrected chi connectivity index (χ1v) is 9.87. The zero-order valence-corrected chi connectivity index (χ0v) is 15.4. The van der Waals surface area contributed by atoms with E-state index in [1.807, 2.05) is 38.1 Å². The second-order valence-corrected chi connectivity index (χ2v) is 7.06. The van der Waals surface area contributed by atoms with Crippen LogP contribution in [0.15, 0.2) is 29.3 Å². The van der Waals surface area contributed by atoms with Gasteiger partial charge in [0.15, 0.2) is 5.96 Å². The van der Waals surface area contributed by atoms with Crippen LogP contribution < -0.4 is 20.1 Å². The number of hydrogen-bond donors (Lipinski definition) is 3. The third kappa shape index (κ3) is 7.65. The van der Waals surface area contributed by atoms with Crippen LogP contribution in [-0.4, -0.2) is 46.4 Å². The molecular formula is C16H28N4O3S. The van der Waals surface area contributed by atoms with E-state index in [1.165, 1.54) is 0 Å². The first kappa shape index (κ1) is 20.2. The number of benzene rings is 1. The lowest BCUT2D eigenvalue weighted by atomic mass is 10.2. The highest BCUT2D eigenvalue weighted by molar-refractivity contribution is 7.89. The molecule has 0 aliphatic rings. The van der Waals surface area contributed by atoms with Crippen LogP contribution in [-0.2, 0) is 16.6 Å². The Morgan fingerprint density at radius 2 is 1.88 bits per heavy atom. The highest BCUT2D eigenvalue weighted by Crippen LogP contribution is 2.18. The Labute approximate surface area is 145 Å². The molecule has 0 aromatic heterocycles. The maximum absolute atomic E-state index is 11.4. The lowest BCUT2D eigenvalue weighted by molar-refractivity contribution is 0.336.